The van der Waals surface area contributed by atoms with Gasteiger partial charge in [-0.3, -0.25) is 4.79 Å². The first kappa shape index (κ1) is 20.0. The Morgan fingerprint density at radius 1 is 1.11 bits per heavy atom. The number of ether oxygens (including phenoxy) is 1. The molecule has 0 amide bonds. The van der Waals surface area contributed by atoms with Gasteiger partial charge in [0.15, 0.2) is 0 Å². The number of esters is 1. The zero-order valence-electron chi connectivity index (χ0n) is 16.6. The molecule has 28 heavy (non-hydrogen) atoms. The zero-order chi connectivity index (χ0) is 19.9. The third-order valence-electron chi connectivity index (χ3n) is 4.99. The quantitative estimate of drug-likeness (QED) is 0.517. The van der Waals surface area contributed by atoms with Gasteiger partial charge in [0.1, 0.15) is 13.2 Å². The largest absolute Gasteiger partial charge is 0.468 e. The first-order valence-corrected chi connectivity index (χ1v) is 9.32. The van der Waals surface area contributed by atoms with E-state index in [9.17, 15) is 4.79 Å². The lowest BCUT2D eigenvalue weighted by atomic mass is 10.0. The van der Waals surface area contributed by atoms with E-state index in [-0.39, 0.29) is 12.5 Å². The van der Waals surface area contributed by atoms with Crippen LogP contribution in [-0.2, 0) is 38.8 Å². The molecule has 0 saturated heterocycles. The summed E-state index contributed by atoms with van der Waals surface area (Å²) in [4.78, 5) is 22.6. The van der Waals surface area contributed by atoms with E-state index in [1.165, 1.54) is 18.2 Å². The van der Waals surface area contributed by atoms with Crippen molar-refractivity contribution in [2.24, 2.45) is 5.16 Å². The predicted molar refractivity (Wildman–Crippen MR) is 107 cm³/mol. The molecule has 3 rings (SSSR count). The molecule has 0 N–H and O–H groups in total. The van der Waals surface area contributed by atoms with E-state index in [1.807, 2.05) is 31.2 Å². The summed E-state index contributed by atoms with van der Waals surface area (Å²) in [6.45, 7) is 2.91. The van der Waals surface area contributed by atoms with Crippen LogP contribution in [0, 0.1) is 6.92 Å². The van der Waals surface area contributed by atoms with Crippen LogP contribution < -0.4 is 0 Å². The summed E-state index contributed by atoms with van der Waals surface area (Å²) in [5, 5.41) is 5.96. The lowest BCUT2D eigenvalue weighted by Gasteiger charge is -2.20. The highest BCUT2D eigenvalue weighted by Gasteiger charge is 2.18. The van der Waals surface area contributed by atoms with Crippen molar-refractivity contribution in [3.8, 4) is 0 Å². The lowest BCUT2D eigenvalue weighted by molar-refractivity contribution is -0.169. The highest BCUT2D eigenvalue weighted by Crippen LogP contribution is 2.23. The van der Waals surface area contributed by atoms with Gasteiger partial charge in [-0.1, -0.05) is 47.6 Å². The van der Waals surface area contributed by atoms with Crippen molar-refractivity contribution in [3.63, 3.8) is 0 Å². The number of benzene rings is 2. The van der Waals surface area contributed by atoms with Gasteiger partial charge in [-0.25, -0.2) is 0 Å². The van der Waals surface area contributed by atoms with Gasteiger partial charge in [-0.2, -0.15) is 5.06 Å². The molecular weight excluding hydrogens is 356 g/mol. The van der Waals surface area contributed by atoms with E-state index in [1.54, 1.807) is 12.2 Å². The second kappa shape index (κ2) is 9.48. The Kier molecular flexibility index (Phi) is 6.79. The normalized spacial score (nSPS) is 14.4. The maximum atomic E-state index is 11.6. The third-order valence-corrected chi connectivity index (χ3v) is 4.99. The van der Waals surface area contributed by atoms with Gasteiger partial charge in [-0.15, -0.1) is 0 Å². The lowest BCUT2D eigenvalue weighted by Crippen LogP contribution is -2.29. The molecule has 2 aromatic carbocycles. The number of oxime groups is 1. The maximum Gasteiger partial charge on any atom is 0.322 e. The molecule has 0 aliphatic heterocycles. The number of carbonyl (C=O) groups is 1. The summed E-state index contributed by atoms with van der Waals surface area (Å²) in [6.07, 6.45) is 1.90. The van der Waals surface area contributed by atoms with Gasteiger partial charge in [0.2, 0.25) is 0 Å². The van der Waals surface area contributed by atoms with Gasteiger partial charge in [0.05, 0.1) is 26.5 Å². The molecule has 0 aromatic heterocycles. The molecule has 0 fully saturated rings. The van der Waals surface area contributed by atoms with E-state index in [4.69, 9.17) is 14.4 Å². The number of aryl methyl sites for hydroxylation is 2. The average Bonchev–Trinajstić information content (AvgIpc) is 3.12. The van der Waals surface area contributed by atoms with Crippen molar-refractivity contribution in [2.75, 3.05) is 20.8 Å². The molecule has 1 aliphatic carbocycles. The minimum atomic E-state index is -0.349. The van der Waals surface area contributed by atoms with E-state index in [0.29, 0.717) is 13.2 Å². The van der Waals surface area contributed by atoms with Crippen LogP contribution >= 0.6 is 0 Å². The van der Waals surface area contributed by atoms with Crippen LogP contribution in [0.2, 0.25) is 0 Å². The minimum absolute atomic E-state index is 0.0559. The summed E-state index contributed by atoms with van der Waals surface area (Å²) in [7, 11) is 2.90. The number of nitrogens with zero attached hydrogens (tertiary/aromatic N) is 2. The monoisotopic (exact) mass is 382 g/mol. The first-order chi connectivity index (χ1) is 13.6. The SMILES string of the molecule is COC(=O)CN(Cc1cccc(C)c1CO/N=C1\CCc2ccccc21)OC. The minimum Gasteiger partial charge on any atom is -0.468 e. The zero-order valence-corrected chi connectivity index (χ0v) is 16.6. The van der Waals surface area contributed by atoms with Gasteiger partial charge >= 0.3 is 5.97 Å². The van der Waals surface area contributed by atoms with E-state index >= 15 is 0 Å². The van der Waals surface area contributed by atoms with Crippen LogP contribution in [0.25, 0.3) is 0 Å². The van der Waals surface area contributed by atoms with Crippen molar-refractivity contribution in [1.82, 2.24) is 5.06 Å². The van der Waals surface area contributed by atoms with E-state index < -0.39 is 0 Å². The average molecular weight is 382 g/mol. The number of methoxy groups -OCH3 is 1. The number of hydroxylamine groups is 2. The molecular formula is C22H26N2O4. The van der Waals surface area contributed by atoms with Gasteiger partial charge in [0, 0.05) is 5.56 Å². The highest BCUT2D eigenvalue weighted by molar-refractivity contribution is 6.04. The Balaban J connectivity index is 1.70. The second-order valence-electron chi connectivity index (χ2n) is 6.74. The fourth-order valence-corrected chi connectivity index (χ4v) is 3.38. The first-order valence-electron chi connectivity index (χ1n) is 9.32. The summed E-state index contributed by atoms with van der Waals surface area (Å²) >= 11 is 0. The van der Waals surface area contributed by atoms with Crippen molar-refractivity contribution < 1.29 is 19.2 Å². The molecule has 6 nitrogen and oxygen atoms in total. The highest BCUT2D eigenvalue weighted by atomic mass is 16.7. The Bertz CT molecular complexity index is 863. The Morgan fingerprint density at radius 3 is 2.71 bits per heavy atom. The van der Waals surface area contributed by atoms with Crippen LogP contribution in [0.1, 0.15) is 34.2 Å². The van der Waals surface area contributed by atoms with Crippen LogP contribution in [0.15, 0.2) is 47.6 Å². The summed E-state index contributed by atoms with van der Waals surface area (Å²) < 4.78 is 4.72. The molecule has 0 bridgehead atoms. The second-order valence-corrected chi connectivity index (χ2v) is 6.74. The molecule has 148 valence electrons. The molecule has 0 heterocycles. The van der Waals surface area contributed by atoms with Crippen LogP contribution in [-0.4, -0.2) is 37.5 Å². The topological polar surface area (TPSA) is 60.4 Å². The molecule has 0 atom stereocenters. The smallest absolute Gasteiger partial charge is 0.322 e. The molecule has 0 spiro atoms. The van der Waals surface area contributed by atoms with Gasteiger partial charge in [-0.05, 0) is 42.0 Å². The summed E-state index contributed by atoms with van der Waals surface area (Å²) in [6, 6.07) is 14.3. The van der Waals surface area contributed by atoms with Crippen molar-refractivity contribution in [3.05, 3.63) is 70.3 Å². The Hall–Kier alpha value is -2.70. The van der Waals surface area contributed by atoms with Crippen LogP contribution in [0.5, 0.6) is 0 Å². The number of hydrogen-bond acceptors (Lipinski definition) is 6. The Morgan fingerprint density at radius 2 is 1.93 bits per heavy atom. The van der Waals surface area contributed by atoms with Crippen molar-refractivity contribution in [1.29, 1.82) is 0 Å². The predicted octanol–water partition coefficient (Wildman–Crippen LogP) is 3.40. The standard InChI is InChI=1S/C22H26N2O4/c1-16-7-6-9-18(13-24(27-3)14-22(25)26-2)20(16)15-28-23-21-12-11-17-8-4-5-10-19(17)21/h4-10H,11-15H2,1-3H3/b23-21+. The van der Waals surface area contributed by atoms with E-state index in [2.05, 4.69) is 23.4 Å². The van der Waals surface area contributed by atoms with Crippen molar-refractivity contribution >= 4 is 11.7 Å². The maximum absolute atomic E-state index is 11.6. The fraction of sp³-hybridized carbons (Fsp3) is 0.364. The summed E-state index contributed by atoms with van der Waals surface area (Å²) in [5.74, 6) is -0.349. The fourth-order valence-electron chi connectivity index (χ4n) is 3.38. The summed E-state index contributed by atoms with van der Waals surface area (Å²) in [5.41, 5.74) is 6.67. The molecule has 0 saturated carbocycles. The number of fused-ring (bicyclic) bond motifs is 1. The van der Waals surface area contributed by atoms with Crippen LogP contribution in [0.3, 0.4) is 0 Å². The molecule has 0 unspecified atom stereocenters. The van der Waals surface area contributed by atoms with Gasteiger partial charge in [0.25, 0.3) is 0 Å². The van der Waals surface area contributed by atoms with Crippen molar-refractivity contribution in [2.45, 2.75) is 32.9 Å². The van der Waals surface area contributed by atoms with Crippen LogP contribution in [0.4, 0.5) is 0 Å². The Labute approximate surface area is 165 Å². The molecule has 0 radical (unpaired) electrons. The third kappa shape index (κ3) is 4.77. The molecule has 1 aliphatic rings. The number of carbonyl (C=O) groups excluding carboxylic acids is 1. The molecule has 6 heteroatoms. The molecule has 2 aromatic rings. The van der Waals surface area contributed by atoms with E-state index in [0.717, 1.165) is 35.2 Å². The number of hydrogen-bond donors (Lipinski definition) is 0. The number of rotatable bonds is 8. The van der Waals surface area contributed by atoms with Gasteiger partial charge < -0.3 is 14.4 Å².